The van der Waals surface area contributed by atoms with Crippen LogP contribution < -0.4 is 10.1 Å². The van der Waals surface area contributed by atoms with Crippen LogP contribution in [-0.2, 0) is 14.8 Å². The van der Waals surface area contributed by atoms with Gasteiger partial charge in [-0.3, -0.25) is 4.79 Å². The van der Waals surface area contributed by atoms with Gasteiger partial charge in [-0.25, -0.2) is 8.42 Å². The summed E-state index contributed by atoms with van der Waals surface area (Å²) in [6, 6.07) is 9.98. The Bertz CT molecular complexity index is 945. The summed E-state index contributed by atoms with van der Waals surface area (Å²) in [7, 11) is -2.48. The Labute approximate surface area is 165 Å². The van der Waals surface area contributed by atoms with Crippen LogP contribution in [0.1, 0.15) is 18.1 Å². The fourth-order valence-corrected chi connectivity index (χ4v) is 4.48. The number of likely N-dealkylation sites (N-methyl/N-ethyl adjacent to an activating group) is 1. The quantitative estimate of drug-likeness (QED) is 0.756. The van der Waals surface area contributed by atoms with Gasteiger partial charge in [-0.2, -0.15) is 4.31 Å². The van der Waals surface area contributed by atoms with Gasteiger partial charge >= 0.3 is 0 Å². The van der Waals surface area contributed by atoms with Crippen LogP contribution in [0.3, 0.4) is 0 Å². The molecule has 2 aromatic carbocycles. The van der Waals surface area contributed by atoms with Crippen molar-refractivity contribution in [1.29, 1.82) is 0 Å². The van der Waals surface area contributed by atoms with E-state index in [0.717, 1.165) is 15.4 Å². The van der Waals surface area contributed by atoms with Crippen LogP contribution in [0.4, 0.5) is 5.69 Å². The van der Waals surface area contributed by atoms with E-state index in [1.165, 1.54) is 13.2 Å². The predicted molar refractivity (Wildman–Crippen MR) is 107 cm³/mol. The molecule has 0 aliphatic rings. The smallest absolute Gasteiger partial charge is 0.247 e. The number of nitrogens with one attached hydrogen (secondary N) is 1. The number of halogens is 1. The first-order chi connectivity index (χ1) is 12.7. The fourth-order valence-electron chi connectivity index (χ4n) is 2.61. The molecule has 0 atom stereocenters. The van der Waals surface area contributed by atoms with E-state index in [-0.39, 0.29) is 23.7 Å². The molecule has 0 saturated carbocycles. The molecule has 8 heteroatoms. The molecule has 0 radical (unpaired) electrons. The third-order valence-electron chi connectivity index (χ3n) is 4.07. The lowest BCUT2D eigenvalue weighted by molar-refractivity contribution is -0.116. The maximum Gasteiger partial charge on any atom is 0.247 e. The van der Waals surface area contributed by atoms with Crippen molar-refractivity contribution < 1.29 is 17.9 Å². The van der Waals surface area contributed by atoms with Crippen molar-refractivity contribution in [1.82, 2.24) is 4.31 Å². The Balaban J connectivity index is 2.25. The maximum atomic E-state index is 13.0. The van der Waals surface area contributed by atoms with Gasteiger partial charge in [0.2, 0.25) is 15.9 Å². The number of sulfonamides is 1. The maximum absolute atomic E-state index is 13.0. The number of nitrogens with zero attached hydrogens (tertiary/aromatic N) is 1. The van der Waals surface area contributed by atoms with Crippen LogP contribution in [0, 0.1) is 13.8 Å². The van der Waals surface area contributed by atoms with Crippen LogP contribution in [0.25, 0.3) is 0 Å². The lowest BCUT2D eigenvalue weighted by Gasteiger charge is -2.22. The Morgan fingerprint density at radius 1 is 1.19 bits per heavy atom. The van der Waals surface area contributed by atoms with E-state index in [1.54, 1.807) is 44.2 Å². The number of amides is 1. The Hall–Kier alpha value is -2.09. The number of anilines is 1. The lowest BCUT2D eigenvalue weighted by atomic mass is 10.2. The van der Waals surface area contributed by atoms with Gasteiger partial charge < -0.3 is 10.1 Å². The molecule has 0 heterocycles. The molecule has 0 saturated heterocycles. The molecule has 1 amide bonds. The highest BCUT2D eigenvalue weighted by Crippen LogP contribution is 2.28. The first-order valence-electron chi connectivity index (χ1n) is 8.39. The summed E-state index contributed by atoms with van der Waals surface area (Å²) < 4.78 is 32.4. The lowest BCUT2D eigenvalue weighted by Crippen LogP contribution is -2.38. The second kappa shape index (κ2) is 8.73. The third-order valence-corrected chi connectivity index (χ3v) is 6.25. The molecule has 0 bridgehead atoms. The van der Waals surface area contributed by atoms with Crippen molar-refractivity contribution in [3.63, 3.8) is 0 Å². The van der Waals surface area contributed by atoms with E-state index in [0.29, 0.717) is 10.7 Å². The van der Waals surface area contributed by atoms with Crippen molar-refractivity contribution in [2.45, 2.75) is 25.7 Å². The molecule has 6 nitrogen and oxygen atoms in total. The normalized spacial score (nSPS) is 11.5. The third kappa shape index (κ3) is 5.00. The summed E-state index contributed by atoms with van der Waals surface area (Å²) in [5.74, 6) is -0.189. The summed E-state index contributed by atoms with van der Waals surface area (Å²) in [4.78, 5) is 12.5. The Morgan fingerprint density at radius 3 is 2.48 bits per heavy atom. The standard InChI is InChI=1S/C19H23ClN2O4S/c1-5-22(12-19(23)21-16-8-7-15(20)11-14(16)3)27(24,25)18-10-13(2)6-9-17(18)26-4/h6-11H,5,12H2,1-4H3,(H,21,23). The molecule has 0 aliphatic heterocycles. The minimum atomic E-state index is -3.89. The molecule has 0 fully saturated rings. The van der Waals surface area contributed by atoms with Gasteiger partial charge in [0.25, 0.3) is 0 Å². The van der Waals surface area contributed by atoms with Gasteiger partial charge in [0, 0.05) is 17.3 Å². The molecule has 0 aromatic heterocycles. The average molecular weight is 411 g/mol. The Morgan fingerprint density at radius 2 is 1.89 bits per heavy atom. The van der Waals surface area contributed by atoms with Crippen molar-refractivity contribution in [2.24, 2.45) is 0 Å². The molecule has 0 spiro atoms. The minimum Gasteiger partial charge on any atom is -0.495 e. The molecule has 2 aromatic rings. The van der Waals surface area contributed by atoms with Gasteiger partial charge in [-0.05, 0) is 55.3 Å². The van der Waals surface area contributed by atoms with E-state index in [9.17, 15) is 13.2 Å². The zero-order valence-corrected chi connectivity index (χ0v) is 17.3. The van der Waals surface area contributed by atoms with Crippen molar-refractivity contribution in [3.05, 3.63) is 52.5 Å². The summed E-state index contributed by atoms with van der Waals surface area (Å²) in [6.07, 6.45) is 0. The van der Waals surface area contributed by atoms with Crippen molar-refractivity contribution in [3.8, 4) is 5.75 Å². The van der Waals surface area contributed by atoms with E-state index in [1.807, 2.05) is 6.92 Å². The van der Waals surface area contributed by atoms with Gasteiger partial charge in [0.05, 0.1) is 13.7 Å². The largest absolute Gasteiger partial charge is 0.495 e. The first-order valence-corrected chi connectivity index (χ1v) is 10.2. The van der Waals surface area contributed by atoms with Crippen LogP contribution in [-0.4, -0.2) is 38.8 Å². The van der Waals surface area contributed by atoms with Crippen LogP contribution >= 0.6 is 11.6 Å². The van der Waals surface area contributed by atoms with E-state index >= 15 is 0 Å². The summed E-state index contributed by atoms with van der Waals surface area (Å²) in [6.45, 7) is 5.13. The first kappa shape index (κ1) is 21.2. The molecule has 1 N–H and O–H groups in total. The van der Waals surface area contributed by atoms with Crippen molar-refractivity contribution in [2.75, 3.05) is 25.5 Å². The number of methoxy groups -OCH3 is 1. The highest BCUT2D eigenvalue weighted by atomic mass is 35.5. The molecule has 27 heavy (non-hydrogen) atoms. The molecule has 0 aliphatic carbocycles. The highest BCUT2D eigenvalue weighted by molar-refractivity contribution is 7.89. The number of hydrogen-bond donors (Lipinski definition) is 1. The fraction of sp³-hybridized carbons (Fsp3) is 0.316. The highest BCUT2D eigenvalue weighted by Gasteiger charge is 2.28. The average Bonchev–Trinajstić information content (AvgIpc) is 2.61. The predicted octanol–water partition coefficient (Wildman–Crippen LogP) is 3.61. The zero-order valence-electron chi connectivity index (χ0n) is 15.7. The van der Waals surface area contributed by atoms with Crippen LogP contribution in [0.5, 0.6) is 5.75 Å². The SMILES string of the molecule is CCN(CC(=O)Nc1ccc(Cl)cc1C)S(=O)(=O)c1cc(C)ccc1OC. The number of aryl methyl sites for hydroxylation is 2. The van der Waals surface area contributed by atoms with E-state index in [2.05, 4.69) is 5.32 Å². The van der Waals surface area contributed by atoms with Gasteiger partial charge in [0.15, 0.2) is 0 Å². The second-order valence-electron chi connectivity index (χ2n) is 6.09. The van der Waals surface area contributed by atoms with Crippen LogP contribution in [0.2, 0.25) is 5.02 Å². The molecular weight excluding hydrogens is 388 g/mol. The van der Waals surface area contributed by atoms with Gasteiger partial charge in [-0.1, -0.05) is 24.6 Å². The van der Waals surface area contributed by atoms with Gasteiger partial charge in [0.1, 0.15) is 10.6 Å². The number of carbonyl (C=O) groups excluding carboxylic acids is 1. The van der Waals surface area contributed by atoms with E-state index in [4.69, 9.17) is 16.3 Å². The monoisotopic (exact) mass is 410 g/mol. The molecule has 0 unspecified atom stereocenters. The Kier molecular flexibility index (Phi) is 6.86. The molecule has 2 rings (SSSR count). The zero-order chi connectivity index (χ0) is 20.2. The van der Waals surface area contributed by atoms with Crippen LogP contribution in [0.15, 0.2) is 41.3 Å². The summed E-state index contributed by atoms with van der Waals surface area (Å²) in [5.41, 5.74) is 2.17. The number of carbonyl (C=O) groups is 1. The number of hydrogen-bond acceptors (Lipinski definition) is 4. The number of rotatable bonds is 7. The molecular formula is C19H23ClN2O4S. The number of ether oxygens (including phenoxy) is 1. The second-order valence-corrected chi connectivity index (χ2v) is 8.44. The van der Waals surface area contributed by atoms with Gasteiger partial charge in [-0.15, -0.1) is 0 Å². The number of benzene rings is 2. The summed E-state index contributed by atoms with van der Waals surface area (Å²) >= 11 is 5.92. The molecule has 146 valence electrons. The summed E-state index contributed by atoms with van der Waals surface area (Å²) in [5, 5.41) is 3.30. The minimum absolute atomic E-state index is 0.0438. The van der Waals surface area contributed by atoms with Crippen molar-refractivity contribution >= 4 is 33.2 Å². The topological polar surface area (TPSA) is 75.7 Å². The van der Waals surface area contributed by atoms with E-state index < -0.39 is 15.9 Å².